The summed E-state index contributed by atoms with van der Waals surface area (Å²) in [5.41, 5.74) is 0. The normalized spacial score (nSPS) is 27.7. The fraction of sp³-hybridized carbons (Fsp3) is 0.667. The maximum absolute atomic E-state index is 11.1. The van der Waals surface area contributed by atoms with Crippen molar-refractivity contribution in [1.29, 1.82) is 0 Å². The summed E-state index contributed by atoms with van der Waals surface area (Å²) in [7, 11) is 0. The lowest BCUT2D eigenvalue weighted by molar-refractivity contribution is -0.109. The van der Waals surface area contributed by atoms with Crippen molar-refractivity contribution in [1.82, 2.24) is 0 Å². The molecule has 1 aliphatic carbocycles. The Labute approximate surface area is 76.0 Å². The zero-order valence-electron chi connectivity index (χ0n) is 6.88. The molecule has 0 aromatic heterocycles. The summed E-state index contributed by atoms with van der Waals surface area (Å²) in [6.07, 6.45) is 7.50. The van der Waals surface area contributed by atoms with Crippen LogP contribution in [0.15, 0.2) is 11.8 Å². The number of carbonyl (C=O) groups is 1. The first-order valence-corrected chi connectivity index (χ1v) is 5.19. The van der Waals surface area contributed by atoms with Gasteiger partial charge in [-0.15, -0.1) is 0 Å². The monoisotopic (exact) mass is 184 g/mol. The molecule has 1 saturated carbocycles. The van der Waals surface area contributed by atoms with Crippen LogP contribution >= 0.6 is 11.8 Å². The van der Waals surface area contributed by atoms with Crippen LogP contribution in [0.5, 0.6) is 0 Å². The van der Waals surface area contributed by atoms with Crippen LogP contribution < -0.4 is 0 Å². The number of aliphatic hydroxyl groups excluding tert-OH is 1. The van der Waals surface area contributed by atoms with Crippen molar-refractivity contribution in [3.8, 4) is 0 Å². The predicted octanol–water partition coefficient (Wildman–Crippen LogP) is 2.40. The lowest BCUT2D eigenvalue weighted by Gasteiger charge is -2.29. The standard InChI is InChI=1S/C9H12O2S/c10-7-6-9(12-8(7)11)4-2-1-3-5-9/h6,10H,1-5H2. The molecule has 2 nitrogen and oxygen atoms in total. The number of hydrogen-bond donors (Lipinski definition) is 1. The van der Waals surface area contributed by atoms with E-state index < -0.39 is 0 Å². The molecular weight excluding hydrogens is 172 g/mol. The van der Waals surface area contributed by atoms with Crippen LogP contribution in [0.25, 0.3) is 0 Å². The van der Waals surface area contributed by atoms with E-state index in [1.807, 2.05) is 0 Å². The zero-order chi connectivity index (χ0) is 8.60. The second-order valence-electron chi connectivity index (χ2n) is 3.54. The molecule has 0 radical (unpaired) electrons. The number of hydrogen-bond acceptors (Lipinski definition) is 3. The van der Waals surface area contributed by atoms with Gasteiger partial charge in [0.25, 0.3) is 5.12 Å². The first-order valence-electron chi connectivity index (χ1n) is 4.37. The van der Waals surface area contributed by atoms with Gasteiger partial charge in [0.05, 0.1) is 0 Å². The van der Waals surface area contributed by atoms with Crippen molar-refractivity contribution in [3.63, 3.8) is 0 Å². The largest absolute Gasteiger partial charge is 0.504 e. The molecule has 1 spiro atoms. The van der Waals surface area contributed by atoms with Gasteiger partial charge in [-0.05, 0) is 18.9 Å². The lowest BCUT2D eigenvalue weighted by Crippen LogP contribution is -2.23. The van der Waals surface area contributed by atoms with Gasteiger partial charge < -0.3 is 5.11 Å². The first kappa shape index (κ1) is 8.17. The topological polar surface area (TPSA) is 37.3 Å². The number of thioether (sulfide) groups is 1. The number of rotatable bonds is 0. The molecule has 0 bridgehead atoms. The average molecular weight is 184 g/mol. The van der Waals surface area contributed by atoms with E-state index in [2.05, 4.69) is 0 Å². The average Bonchev–Trinajstić information content (AvgIpc) is 2.29. The van der Waals surface area contributed by atoms with Gasteiger partial charge in [-0.3, -0.25) is 4.79 Å². The minimum absolute atomic E-state index is 0.0260. The molecule has 0 unspecified atom stereocenters. The Hall–Kier alpha value is -0.440. The summed E-state index contributed by atoms with van der Waals surface area (Å²) in [5, 5.41) is 9.06. The Balaban J connectivity index is 2.18. The molecule has 0 aromatic rings. The second-order valence-corrected chi connectivity index (χ2v) is 4.93. The highest BCUT2D eigenvalue weighted by molar-refractivity contribution is 8.15. The third kappa shape index (κ3) is 1.26. The third-order valence-corrected chi connectivity index (χ3v) is 3.93. The summed E-state index contributed by atoms with van der Waals surface area (Å²) in [6.45, 7) is 0. The molecule has 0 saturated heterocycles. The maximum atomic E-state index is 11.1. The van der Waals surface area contributed by atoms with Gasteiger partial charge in [0, 0.05) is 4.75 Å². The van der Waals surface area contributed by atoms with Crippen molar-refractivity contribution >= 4 is 16.9 Å². The molecule has 0 aromatic carbocycles. The molecule has 2 rings (SSSR count). The molecule has 2 aliphatic rings. The minimum atomic E-state index is -0.142. The summed E-state index contributed by atoms with van der Waals surface area (Å²) in [4.78, 5) is 11.1. The van der Waals surface area contributed by atoms with Gasteiger partial charge in [-0.2, -0.15) is 0 Å². The molecule has 66 valence electrons. The second kappa shape index (κ2) is 2.80. The lowest BCUT2D eigenvalue weighted by atomic mass is 9.88. The first-order chi connectivity index (χ1) is 5.72. The molecule has 1 heterocycles. The van der Waals surface area contributed by atoms with Crippen LogP contribution in [0.2, 0.25) is 0 Å². The third-order valence-electron chi connectivity index (χ3n) is 2.60. The van der Waals surface area contributed by atoms with E-state index in [0.29, 0.717) is 0 Å². The summed E-state index contributed by atoms with van der Waals surface area (Å²) in [5.74, 6) is -0.0260. The number of carbonyl (C=O) groups excluding carboxylic acids is 1. The molecule has 3 heteroatoms. The van der Waals surface area contributed by atoms with Gasteiger partial charge in [-0.1, -0.05) is 31.0 Å². The van der Waals surface area contributed by atoms with Gasteiger partial charge >= 0.3 is 0 Å². The highest BCUT2D eigenvalue weighted by atomic mass is 32.2. The van der Waals surface area contributed by atoms with Crippen molar-refractivity contribution < 1.29 is 9.90 Å². The van der Waals surface area contributed by atoms with Gasteiger partial charge in [0.15, 0.2) is 5.76 Å². The van der Waals surface area contributed by atoms with Crippen LogP contribution in [0.1, 0.15) is 32.1 Å². The van der Waals surface area contributed by atoms with E-state index in [1.54, 1.807) is 6.08 Å². The smallest absolute Gasteiger partial charge is 0.254 e. The molecule has 1 fully saturated rings. The highest BCUT2D eigenvalue weighted by Crippen LogP contribution is 2.46. The van der Waals surface area contributed by atoms with Crippen LogP contribution in [0.3, 0.4) is 0 Å². The Kier molecular flexibility index (Phi) is 1.91. The molecule has 1 aliphatic heterocycles. The van der Waals surface area contributed by atoms with Crippen molar-refractivity contribution in [2.24, 2.45) is 0 Å². The van der Waals surface area contributed by atoms with Gasteiger partial charge in [-0.25, -0.2) is 0 Å². The van der Waals surface area contributed by atoms with Gasteiger partial charge in [0.2, 0.25) is 0 Å². The van der Waals surface area contributed by atoms with E-state index in [1.165, 1.54) is 31.0 Å². The van der Waals surface area contributed by atoms with Crippen molar-refractivity contribution in [2.75, 3.05) is 0 Å². The molecule has 0 atom stereocenters. The maximum Gasteiger partial charge on any atom is 0.254 e. The van der Waals surface area contributed by atoms with E-state index in [0.717, 1.165) is 12.8 Å². The molecule has 0 amide bonds. The Morgan fingerprint density at radius 2 is 2.00 bits per heavy atom. The minimum Gasteiger partial charge on any atom is -0.504 e. The Bertz CT molecular complexity index is 239. The summed E-state index contributed by atoms with van der Waals surface area (Å²) >= 11 is 1.32. The zero-order valence-corrected chi connectivity index (χ0v) is 7.69. The fourth-order valence-corrected chi connectivity index (χ4v) is 3.17. The molecule has 1 N–H and O–H groups in total. The van der Waals surface area contributed by atoms with Gasteiger partial charge in [0.1, 0.15) is 0 Å². The van der Waals surface area contributed by atoms with Crippen molar-refractivity contribution in [3.05, 3.63) is 11.8 Å². The van der Waals surface area contributed by atoms with E-state index in [4.69, 9.17) is 0 Å². The quantitative estimate of drug-likeness (QED) is 0.628. The summed E-state index contributed by atoms with van der Waals surface area (Å²) in [6, 6.07) is 0. The fourth-order valence-electron chi connectivity index (χ4n) is 1.97. The highest BCUT2D eigenvalue weighted by Gasteiger charge is 2.39. The van der Waals surface area contributed by atoms with Crippen molar-refractivity contribution in [2.45, 2.75) is 36.9 Å². The van der Waals surface area contributed by atoms with Crippen LogP contribution in [-0.4, -0.2) is 15.0 Å². The Morgan fingerprint density at radius 3 is 2.50 bits per heavy atom. The van der Waals surface area contributed by atoms with E-state index in [9.17, 15) is 9.90 Å². The van der Waals surface area contributed by atoms with Crippen LogP contribution in [0.4, 0.5) is 0 Å². The number of aliphatic hydroxyl groups is 1. The van der Waals surface area contributed by atoms with Crippen LogP contribution in [0, 0.1) is 0 Å². The van der Waals surface area contributed by atoms with E-state index in [-0.39, 0.29) is 15.6 Å². The van der Waals surface area contributed by atoms with E-state index >= 15 is 0 Å². The molecule has 12 heavy (non-hydrogen) atoms. The predicted molar refractivity (Wildman–Crippen MR) is 49.1 cm³/mol. The summed E-state index contributed by atoms with van der Waals surface area (Å²) < 4.78 is -0.0284. The molecular formula is C9H12O2S. The SMILES string of the molecule is O=C1SC2(C=C1O)CCCCC2. The Morgan fingerprint density at radius 1 is 1.33 bits per heavy atom. The van der Waals surface area contributed by atoms with Crippen LogP contribution in [-0.2, 0) is 4.79 Å².